The molecule has 0 rings (SSSR count). The van der Waals surface area contributed by atoms with Crippen LogP contribution in [0.3, 0.4) is 0 Å². The molecule has 0 aliphatic heterocycles. The summed E-state index contributed by atoms with van der Waals surface area (Å²) in [5.74, 6) is 0. The molecule has 40 valence electrons. The summed E-state index contributed by atoms with van der Waals surface area (Å²) in [4.78, 5) is 0. The average molecular weight is 115 g/mol. The molecule has 0 aromatic carbocycles. The van der Waals surface area contributed by atoms with Crippen molar-refractivity contribution in [2.45, 2.75) is 13.1 Å². The minimum Gasteiger partial charge on any atom is -0.407 e. The zero-order valence-corrected chi connectivity index (χ0v) is 5.86. The van der Waals surface area contributed by atoms with Gasteiger partial charge in [-0.3, -0.25) is 0 Å². The van der Waals surface area contributed by atoms with Crippen LogP contribution >= 0.6 is 0 Å². The molecule has 0 radical (unpaired) electrons. The van der Waals surface area contributed by atoms with Crippen molar-refractivity contribution >= 4 is 8.32 Å². The lowest BCUT2D eigenvalue weighted by Gasteiger charge is -2.06. The summed E-state index contributed by atoms with van der Waals surface area (Å²) >= 11 is 0. The summed E-state index contributed by atoms with van der Waals surface area (Å²) < 4.78 is 4.86. The maximum Gasteiger partial charge on any atom is 0.299 e. The van der Waals surface area contributed by atoms with E-state index in [0.29, 0.717) is 0 Å². The predicted octanol–water partition coefficient (Wildman–Crippen LogP) is 0.901. The SMILES string of the molecule is CO[Si](C)(C)C#N. The molecular formula is C4H9NOSi. The summed E-state index contributed by atoms with van der Waals surface area (Å²) in [6.07, 6.45) is 0. The van der Waals surface area contributed by atoms with Gasteiger partial charge in [0.15, 0.2) is 0 Å². The first kappa shape index (κ1) is 6.67. The van der Waals surface area contributed by atoms with Gasteiger partial charge in [0.2, 0.25) is 0 Å². The van der Waals surface area contributed by atoms with E-state index < -0.39 is 8.32 Å². The molecule has 7 heavy (non-hydrogen) atoms. The highest BCUT2D eigenvalue weighted by atomic mass is 28.4. The van der Waals surface area contributed by atoms with Gasteiger partial charge in [0.25, 0.3) is 8.32 Å². The number of hydrogen-bond donors (Lipinski definition) is 0. The second kappa shape index (κ2) is 2.10. The van der Waals surface area contributed by atoms with Crippen molar-refractivity contribution in [3.05, 3.63) is 0 Å². The molecule has 0 heterocycles. The lowest BCUT2D eigenvalue weighted by Crippen LogP contribution is -2.25. The Morgan fingerprint density at radius 1 is 1.57 bits per heavy atom. The summed E-state index contributed by atoms with van der Waals surface area (Å²) in [6, 6.07) is 0. The van der Waals surface area contributed by atoms with Crippen LogP contribution in [0.25, 0.3) is 0 Å². The Hall–Kier alpha value is -0.333. The fourth-order valence-corrected chi connectivity index (χ4v) is 0.137. The molecule has 0 aromatic heterocycles. The Bertz CT molecular complexity index is 94.4. The summed E-state index contributed by atoms with van der Waals surface area (Å²) in [6.45, 7) is 3.71. The van der Waals surface area contributed by atoms with Crippen LogP contribution in [0, 0.1) is 11.0 Å². The van der Waals surface area contributed by atoms with Crippen molar-refractivity contribution < 1.29 is 4.43 Å². The van der Waals surface area contributed by atoms with Crippen LogP contribution in [0.1, 0.15) is 0 Å². The monoisotopic (exact) mass is 115 g/mol. The molecule has 0 aromatic rings. The molecule has 0 fully saturated rings. The minimum atomic E-state index is -1.85. The molecular weight excluding hydrogens is 106 g/mol. The summed E-state index contributed by atoms with van der Waals surface area (Å²) in [5.41, 5.74) is 2.11. The molecule has 0 amide bonds. The van der Waals surface area contributed by atoms with E-state index in [1.165, 1.54) is 0 Å². The average Bonchev–Trinajstić information content (AvgIpc) is 1.68. The largest absolute Gasteiger partial charge is 0.407 e. The van der Waals surface area contributed by atoms with Crippen LogP contribution in [0.5, 0.6) is 0 Å². The van der Waals surface area contributed by atoms with Gasteiger partial charge >= 0.3 is 0 Å². The summed E-state index contributed by atoms with van der Waals surface area (Å²) in [7, 11) is -0.267. The maximum absolute atomic E-state index is 8.28. The topological polar surface area (TPSA) is 33.0 Å². The Kier molecular flexibility index (Phi) is 2.00. The highest BCUT2D eigenvalue weighted by Crippen LogP contribution is 1.96. The maximum atomic E-state index is 8.28. The van der Waals surface area contributed by atoms with Gasteiger partial charge in [-0.05, 0) is 13.1 Å². The van der Waals surface area contributed by atoms with Crippen molar-refractivity contribution in [1.82, 2.24) is 0 Å². The molecule has 3 heteroatoms. The van der Waals surface area contributed by atoms with E-state index in [0.717, 1.165) is 0 Å². The van der Waals surface area contributed by atoms with Crippen molar-refractivity contribution in [2.24, 2.45) is 0 Å². The number of nitrogens with zero attached hydrogens (tertiary/aromatic N) is 1. The standard InChI is InChI=1S/C4H9NOSi/c1-6-7(2,3)4-5/h1-3H3. The molecule has 2 nitrogen and oxygen atoms in total. The Morgan fingerprint density at radius 3 is 2.00 bits per heavy atom. The number of rotatable bonds is 1. The molecule has 0 N–H and O–H groups in total. The van der Waals surface area contributed by atoms with Crippen LogP contribution in [-0.2, 0) is 4.43 Å². The van der Waals surface area contributed by atoms with Gasteiger partial charge in [-0.25, -0.2) is 5.26 Å². The van der Waals surface area contributed by atoms with Crippen LogP contribution in [-0.4, -0.2) is 15.4 Å². The first-order valence-corrected chi connectivity index (χ1v) is 4.99. The number of nitriles is 1. The first-order chi connectivity index (χ1) is 3.12. The third-order valence-electron chi connectivity index (χ3n) is 0.780. The quantitative estimate of drug-likeness (QED) is 0.476. The smallest absolute Gasteiger partial charge is 0.299 e. The van der Waals surface area contributed by atoms with Gasteiger partial charge < -0.3 is 4.43 Å². The normalized spacial score (nSPS) is 10.6. The second-order valence-corrected chi connectivity index (χ2v) is 5.48. The third kappa shape index (κ3) is 2.37. The summed E-state index contributed by atoms with van der Waals surface area (Å²) in [5, 5.41) is 8.28. The highest BCUT2D eigenvalue weighted by Gasteiger charge is 2.18. The molecule has 0 saturated carbocycles. The number of hydrogen-bond acceptors (Lipinski definition) is 2. The van der Waals surface area contributed by atoms with E-state index in [-0.39, 0.29) is 0 Å². The van der Waals surface area contributed by atoms with Crippen molar-refractivity contribution in [3.63, 3.8) is 0 Å². The van der Waals surface area contributed by atoms with E-state index in [1.54, 1.807) is 7.11 Å². The van der Waals surface area contributed by atoms with Gasteiger partial charge in [0.1, 0.15) is 0 Å². The van der Waals surface area contributed by atoms with E-state index in [2.05, 4.69) is 5.69 Å². The Morgan fingerprint density at radius 2 is 2.00 bits per heavy atom. The van der Waals surface area contributed by atoms with E-state index in [9.17, 15) is 0 Å². The van der Waals surface area contributed by atoms with Gasteiger partial charge in [-0.1, -0.05) is 0 Å². The molecule has 0 aliphatic carbocycles. The van der Waals surface area contributed by atoms with Crippen molar-refractivity contribution in [1.29, 1.82) is 5.26 Å². The Labute approximate surface area is 44.8 Å². The van der Waals surface area contributed by atoms with Crippen LogP contribution in [0.2, 0.25) is 13.1 Å². The molecule has 0 unspecified atom stereocenters. The zero-order chi connectivity index (χ0) is 5.91. The van der Waals surface area contributed by atoms with Gasteiger partial charge in [0, 0.05) is 7.11 Å². The van der Waals surface area contributed by atoms with E-state index in [1.807, 2.05) is 13.1 Å². The lowest BCUT2D eigenvalue weighted by atomic mass is 11.7. The molecule has 0 aliphatic rings. The van der Waals surface area contributed by atoms with Gasteiger partial charge in [0.05, 0.1) is 5.69 Å². The first-order valence-electron chi connectivity index (χ1n) is 2.09. The lowest BCUT2D eigenvalue weighted by molar-refractivity contribution is 0.416. The molecule has 0 atom stereocenters. The second-order valence-electron chi connectivity index (χ2n) is 1.83. The van der Waals surface area contributed by atoms with Crippen molar-refractivity contribution in [2.75, 3.05) is 7.11 Å². The fourth-order valence-electron chi connectivity index (χ4n) is 0.0456. The fraction of sp³-hybridized carbons (Fsp3) is 0.750. The highest BCUT2D eigenvalue weighted by molar-refractivity contribution is 6.78. The molecule has 0 saturated heterocycles. The third-order valence-corrected chi connectivity index (χ3v) is 2.34. The van der Waals surface area contributed by atoms with E-state index >= 15 is 0 Å². The van der Waals surface area contributed by atoms with Gasteiger partial charge in [-0.2, -0.15) is 0 Å². The minimum absolute atomic E-state index is 1.58. The predicted molar refractivity (Wildman–Crippen MR) is 30.1 cm³/mol. The van der Waals surface area contributed by atoms with Crippen LogP contribution in [0.15, 0.2) is 0 Å². The van der Waals surface area contributed by atoms with E-state index in [4.69, 9.17) is 9.69 Å². The van der Waals surface area contributed by atoms with Gasteiger partial charge in [-0.15, -0.1) is 0 Å². The van der Waals surface area contributed by atoms with Crippen LogP contribution < -0.4 is 0 Å². The Balaban J connectivity index is 3.66. The zero-order valence-electron chi connectivity index (χ0n) is 4.86. The molecule has 0 spiro atoms. The molecule has 0 bridgehead atoms. The van der Waals surface area contributed by atoms with Crippen LogP contribution in [0.4, 0.5) is 0 Å². The van der Waals surface area contributed by atoms with Crippen molar-refractivity contribution in [3.8, 4) is 5.69 Å².